The maximum Gasteiger partial charge on any atom is 0.410 e. The number of ether oxygens (including phenoxy) is 1. The normalized spacial score (nSPS) is 18.0. The quantitative estimate of drug-likeness (QED) is 0.596. The van der Waals surface area contributed by atoms with E-state index in [9.17, 15) is 9.59 Å². The third-order valence-corrected chi connectivity index (χ3v) is 2.11. The fourth-order valence-corrected chi connectivity index (χ4v) is 1.24. The third-order valence-electron chi connectivity index (χ3n) is 2.11. The summed E-state index contributed by atoms with van der Waals surface area (Å²) in [6.45, 7) is 6.65. The van der Waals surface area contributed by atoms with Crippen molar-refractivity contribution < 1.29 is 14.3 Å². The molecule has 0 bridgehead atoms. The number of amides is 2. The summed E-state index contributed by atoms with van der Waals surface area (Å²) in [6, 6.07) is 0. The zero-order chi connectivity index (χ0) is 11.6. The van der Waals surface area contributed by atoms with Crippen molar-refractivity contribution in [2.75, 3.05) is 26.7 Å². The summed E-state index contributed by atoms with van der Waals surface area (Å²) in [5, 5.41) is 0. The van der Waals surface area contributed by atoms with Crippen molar-refractivity contribution in [3.63, 3.8) is 0 Å². The molecular weight excluding hydrogens is 196 g/mol. The molecule has 2 amide bonds. The highest BCUT2D eigenvalue weighted by Crippen LogP contribution is 2.11. The van der Waals surface area contributed by atoms with Gasteiger partial charge in [-0.2, -0.15) is 0 Å². The SMILES string of the molecule is CN1CCN(C(=O)OC(C)(C)C)CC1=O. The van der Waals surface area contributed by atoms with Crippen LogP contribution < -0.4 is 0 Å². The molecule has 0 aromatic rings. The molecule has 0 aromatic carbocycles. The van der Waals surface area contributed by atoms with E-state index in [0.29, 0.717) is 13.1 Å². The Kier molecular flexibility index (Phi) is 3.21. The highest BCUT2D eigenvalue weighted by Gasteiger charge is 2.28. The van der Waals surface area contributed by atoms with Crippen molar-refractivity contribution in [3.8, 4) is 0 Å². The van der Waals surface area contributed by atoms with Gasteiger partial charge >= 0.3 is 6.09 Å². The number of hydrogen-bond acceptors (Lipinski definition) is 3. The van der Waals surface area contributed by atoms with Crippen LogP contribution in [0.4, 0.5) is 4.79 Å². The summed E-state index contributed by atoms with van der Waals surface area (Å²) < 4.78 is 5.18. The van der Waals surface area contributed by atoms with E-state index in [1.165, 1.54) is 4.90 Å². The van der Waals surface area contributed by atoms with E-state index >= 15 is 0 Å². The summed E-state index contributed by atoms with van der Waals surface area (Å²) >= 11 is 0. The van der Waals surface area contributed by atoms with E-state index in [1.807, 2.05) is 20.8 Å². The lowest BCUT2D eigenvalue weighted by molar-refractivity contribution is -0.134. The molecule has 0 aromatic heterocycles. The lowest BCUT2D eigenvalue weighted by Gasteiger charge is -2.33. The van der Waals surface area contributed by atoms with Crippen molar-refractivity contribution in [2.45, 2.75) is 26.4 Å². The summed E-state index contributed by atoms with van der Waals surface area (Å²) in [4.78, 5) is 26.0. The summed E-state index contributed by atoms with van der Waals surface area (Å²) in [5.74, 6) is -0.0490. The molecule has 1 aliphatic rings. The van der Waals surface area contributed by atoms with Gasteiger partial charge in [0.05, 0.1) is 0 Å². The summed E-state index contributed by atoms with van der Waals surface area (Å²) in [5.41, 5.74) is -0.510. The van der Waals surface area contributed by atoms with Gasteiger partial charge in [0.2, 0.25) is 5.91 Å². The van der Waals surface area contributed by atoms with Gasteiger partial charge in [-0.15, -0.1) is 0 Å². The molecule has 5 heteroatoms. The minimum absolute atomic E-state index is 0.0490. The van der Waals surface area contributed by atoms with E-state index < -0.39 is 11.7 Å². The Hall–Kier alpha value is -1.26. The van der Waals surface area contributed by atoms with E-state index in [0.717, 1.165) is 0 Å². The molecule has 86 valence electrons. The Morgan fingerprint density at radius 2 is 1.93 bits per heavy atom. The molecule has 1 heterocycles. The van der Waals surface area contributed by atoms with Crippen molar-refractivity contribution in [1.29, 1.82) is 0 Å². The second kappa shape index (κ2) is 4.08. The number of likely N-dealkylation sites (N-methyl/N-ethyl adjacent to an activating group) is 1. The van der Waals surface area contributed by atoms with Crippen LogP contribution in [0.2, 0.25) is 0 Å². The van der Waals surface area contributed by atoms with Crippen molar-refractivity contribution in [1.82, 2.24) is 9.80 Å². The minimum Gasteiger partial charge on any atom is -0.444 e. The highest BCUT2D eigenvalue weighted by atomic mass is 16.6. The van der Waals surface area contributed by atoms with Crippen LogP contribution >= 0.6 is 0 Å². The summed E-state index contributed by atoms with van der Waals surface area (Å²) in [6.07, 6.45) is -0.413. The van der Waals surface area contributed by atoms with Crippen molar-refractivity contribution >= 4 is 12.0 Å². The minimum atomic E-state index is -0.510. The van der Waals surface area contributed by atoms with Gasteiger partial charge < -0.3 is 9.64 Å². The molecule has 0 radical (unpaired) electrons. The average Bonchev–Trinajstić information content (AvgIpc) is 2.06. The highest BCUT2D eigenvalue weighted by molar-refractivity contribution is 5.83. The first-order valence-corrected chi connectivity index (χ1v) is 5.01. The first kappa shape index (κ1) is 11.8. The number of carbonyl (C=O) groups excluding carboxylic acids is 2. The zero-order valence-corrected chi connectivity index (χ0v) is 9.74. The summed E-state index contributed by atoms with van der Waals surface area (Å²) in [7, 11) is 1.73. The fourth-order valence-electron chi connectivity index (χ4n) is 1.24. The monoisotopic (exact) mass is 214 g/mol. The first-order chi connectivity index (χ1) is 6.79. The largest absolute Gasteiger partial charge is 0.444 e. The van der Waals surface area contributed by atoms with Gasteiger partial charge in [0.15, 0.2) is 0 Å². The van der Waals surface area contributed by atoms with Crippen LogP contribution in [0.15, 0.2) is 0 Å². The molecule has 0 aliphatic carbocycles. The van der Waals surface area contributed by atoms with Gasteiger partial charge in [-0.3, -0.25) is 9.69 Å². The molecule has 1 saturated heterocycles. The Balaban J connectivity index is 2.52. The Bertz CT molecular complexity index is 270. The van der Waals surface area contributed by atoms with Crippen molar-refractivity contribution in [3.05, 3.63) is 0 Å². The van der Waals surface area contributed by atoms with Gasteiger partial charge in [-0.25, -0.2) is 4.79 Å². The van der Waals surface area contributed by atoms with Crippen LogP contribution in [0.1, 0.15) is 20.8 Å². The van der Waals surface area contributed by atoms with E-state index in [1.54, 1.807) is 11.9 Å². The number of nitrogens with zero attached hydrogens (tertiary/aromatic N) is 2. The Labute approximate surface area is 90.0 Å². The predicted molar refractivity (Wildman–Crippen MR) is 55.4 cm³/mol. The maximum absolute atomic E-state index is 11.6. The van der Waals surface area contributed by atoms with E-state index in [2.05, 4.69) is 0 Å². The first-order valence-electron chi connectivity index (χ1n) is 5.01. The van der Waals surface area contributed by atoms with Crippen LogP contribution in [0.3, 0.4) is 0 Å². The van der Waals surface area contributed by atoms with Gasteiger partial charge in [0.1, 0.15) is 12.1 Å². The molecule has 1 rings (SSSR count). The lowest BCUT2D eigenvalue weighted by Crippen LogP contribution is -2.51. The van der Waals surface area contributed by atoms with Crippen LogP contribution in [-0.4, -0.2) is 54.1 Å². The topological polar surface area (TPSA) is 49.9 Å². The van der Waals surface area contributed by atoms with Crippen LogP contribution in [-0.2, 0) is 9.53 Å². The molecule has 0 N–H and O–H groups in total. The molecular formula is C10H18N2O3. The van der Waals surface area contributed by atoms with Crippen LogP contribution in [0, 0.1) is 0 Å². The Morgan fingerprint density at radius 1 is 1.33 bits per heavy atom. The second-order valence-electron chi connectivity index (χ2n) is 4.72. The lowest BCUT2D eigenvalue weighted by atomic mass is 10.2. The van der Waals surface area contributed by atoms with Crippen LogP contribution in [0.25, 0.3) is 0 Å². The van der Waals surface area contributed by atoms with Gasteiger partial charge in [0, 0.05) is 20.1 Å². The number of hydrogen-bond donors (Lipinski definition) is 0. The Morgan fingerprint density at radius 3 is 2.40 bits per heavy atom. The predicted octanol–water partition coefficient (Wildman–Crippen LogP) is 0.696. The molecule has 0 unspecified atom stereocenters. The molecule has 0 saturated carbocycles. The van der Waals surface area contributed by atoms with E-state index in [4.69, 9.17) is 4.74 Å². The maximum atomic E-state index is 11.6. The molecule has 5 nitrogen and oxygen atoms in total. The van der Waals surface area contributed by atoms with Crippen molar-refractivity contribution in [2.24, 2.45) is 0 Å². The molecule has 0 spiro atoms. The molecule has 0 atom stereocenters. The number of piperazine rings is 1. The fraction of sp³-hybridized carbons (Fsp3) is 0.800. The molecule has 15 heavy (non-hydrogen) atoms. The van der Waals surface area contributed by atoms with E-state index in [-0.39, 0.29) is 12.5 Å². The second-order valence-corrected chi connectivity index (χ2v) is 4.72. The van der Waals surface area contributed by atoms with Gasteiger partial charge in [0.25, 0.3) is 0 Å². The molecule has 1 fully saturated rings. The smallest absolute Gasteiger partial charge is 0.410 e. The molecule has 1 aliphatic heterocycles. The van der Waals surface area contributed by atoms with Gasteiger partial charge in [-0.05, 0) is 20.8 Å². The zero-order valence-electron chi connectivity index (χ0n) is 9.74. The number of rotatable bonds is 0. The number of carbonyl (C=O) groups is 2. The van der Waals surface area contributed by atoms with Gasteiger partial charge in [-0.1, -0.05) is 0 Å². The van der Waals surface area contributed by atoms with Crippen LogP contribution in [0.5, 0.6) is 0 Å². The average molecular weight is 214 g/mol. The third kappa shape index (κ3) is 3.42. The standard InChI is InChI=1S/C10H18N2O3/c1-10(2,3)15-9(14)12-6-5-11(4)8(13)7-12/h5-7H2,1-4H3.